The van der Waals surface area contributed by atoms with Crippen molar-refractivity contribution in [1.82, 2.24) is 0 Å². The zero-order valence-corrected chi connectivity index (χ0v) is 16.0. The molecule has 29 heavy (non-hydrogen) atoms. The molecule has 5 nitrogen and oxygen atoms in total. The Hall–Kier alpha value is -2.98. The van der Waals surface area contributed by atoms with Gasteiger partial charge in [0.25, 0.3) is 0 Å². The predicted molar refractivity (Wildman–Crippen MR) is 99.2 cm³/mol. The molecule has 0 heterocycles. The second kappa shape index (κ2) is 7.45. The van der Waals surface area contributed by atoms with E-state index < -0.39 is 36.1 Å². The van der Waals surface area contributed by atoms with Gasteiger partial charge in [-0.15, -0.1) is 7.77 Å². The lowest BCUT2D eigenvalue weighted by Gasteiger charge is -2.11. The standard InChI is InChI=1S/C19H11F3O5S2/c20-19-17(13-1-5-15(6-2-13)28(21,24)25)9-12(11-23)10-18(19)14-3-7-16(8-4-14)29(22,26)27/h1-11H. The molecule has 0 spiro atoms. The summed E-state index contributed by atoms with van der Waals surface area (Å²) in [7, 11) is -9.84. The van der Waals surface area contributed by atoms with Crippen LogP contribution in [0.3, 0.4) is 0 Å². The third-order valence-electron chi connectivity index (χ3n) is 4.12. The van der Waals surface area contributed by atoms with Crippen molar-refractivity contribution in [3.8, 4) is 22.3 Å². The van der Waals surface area contributed by atoms with Crippen LogP contribution >= 0.6 is 0 Å². The normalized spacial score (nSPS) is 12.0. The maximum atomic E-state index is 15.1. The van der Waals surface area contributed by atoms with Gasteiger partial charge in [-0.25, -0.2) is 4.39 Å². The molecular weight excluding hydrogens is 429 g/mol. The van der Waals surface area contributed by atoms with Crippen LogP contribution in [0.15, 0.2) is 70.5 Å². The molecule has 0 saturated carbocycles. The first-order chi connectivity index (χ1) is 13.5. The van der Waals surface area contributed by atoms with Crippen LogP contribution in [-0.2, 0) is 20.4 Å². The number of benzene rings is 3. The molecule has 3 rings (SSSR count). The molecule has 3 aromatic carbocycles. The Labute approximate surface area is 164 Å². The van der Waals surface area contributed by atoms with Crippen LogP contribution in [0.4, 0.5) is 12.2 Å². The number of hydrogen-bond acceptors (Lipinski definition) is 5. The Kier molecular flexibility index (Phi) is 5.33. The van der Waals surface area contributed by atoms with Gasteiger partial charge in [0.1, 0.15) is 12.1 Å². The van der Waals surface area contributed by atoms with E-state index in [4.69, 9.17) is 0 Å². The van der Waals surface area contributed by atoms with E-state index >= 15 is 4.39 Å². The summed E-state index contributed by atoms with van der Waals surface area (Å²) in [6, 6.07) is 11.0. The van der Waals surface area contributed by atoms with Crippen molar-refractivity contribution in [3.63, 3.8) is 0 Å². The summed E-state index contributed by atoms with van der Waals surface area (Å²) in [5.41, 5.74) is 0.329. The molecular formula is C19H11F3O5S2. The quantitative estimate of drug-likeness (QED) is 0.437. The van der Waals surface area contributed by atoms with Crippen molar-refractivity contribution in [2.75, 3.05) is 0 Å². The SMILES string of the molecule is O=Cc1cc(-c2ccc(S(=O)(=O)F)cc2)c(F)c(-c2ccc(S(=O)(=O)F)cc2)c1. The van der Waals surface area contributed by atoms with Crippen molar-refractivity contribution in [3.05, 3.63) is 72.0 Å². The molecule has 150 valence electrons. The highest BCUT2D eigenvalue weighted by molar-refractivity contribution is 7.86. The minimum Gasteiger partial charge on any atom is -0.298 e. The molecule has 0 atom stereocenters. The smallest absolute Gasteiger partial charge is 0.298 e. The molecule has 3 aromatic rings. The molecule has 0 saturated heterocycles. The minimum atomic E-state index is -4.92. The van der Waals surface area contributed by atoms with E-state index in [1.54, 1.807) is 0 Å². The Bertz CT molecular complexity index is 1200. The molecule has 0 unspecified atom stereocenters. The Morgan fingerprint density at radius 1 is 0.655 bits per heavy atom. The molecule has 10 heteroatoms. The number of rotatable bonds is 5. The first-order valence-electron chi connectivity index (χ1n) is 7.89. The van der Waals surface area contributed by atoms with Gasteiger partial charge in [0.15, 0.2) is 0 Å². The fourth-order valence-corrected chi connectivity index (χ4v) is 3.65. The van der Waals surface area contributed by atoms with Gasteiger partial charge in [-0.2, -0.15) is 16.8 Å². The number of carbonyl (C=O) groups is 1. The lowest BCUT2D eigenvalue weighted by Crippen LogP contribution is -1.96. The molecule has 0 N–H and O–H groups in total. The predicted octanol–water partition coefficient (Wildman–Crippen LogP) is 4.29. The van der Waals surface area contributed by atoms with Gasteiger partial charge in [-0.3, -0.25) is 4.79 Å². The summed E-state index contributed by atoms with van der Waals surface area (Å²) in [6.45, 7) is 0. The number of carbonyl (C=O) groups excluding carboxylic acids is 1. The van der Waals surface area contributed by atoms with E-state index in [0.29, 0.717) is 6.29 Å². The topological polar surface area (TPSA) is 85.3 Å². The van der Waals surface area contributed by atoms with Crippen molar-refractivity contribution in [1.29, 1.82) is 0 Å². The van der Waals surface area contributed by atoms with Gasteiger partial charge in [0.2, 0.25) is 0 Å². The number of halogens is 3. The molecule has 0 amide bonds. The third-order valence-corrected chi connectivity index (χ3v) is 5.80. The van der Waals surface area contributed by atoms with Crippen LogP contribution in [0.1, 0.15) is 10.4 Å². The molecule has 0 bridgehead atoms. The van der Waals surface area contributed by atoms with Crippen LogP contribution in [-0.4, -0.2) is 23.1 Å². The zero-order valence-electron chi connectivity index (χ0n) is 14.3. The summed E-state index contributed by atoms with van der Waals surface area (Å²) in [6.07, 6.45) is 0.465. The van der Waals surface area contributed by atoms with Crippen LogP contribution in [0, 0.1) is 5.82 Å². The monoisotopic (exact) mass is 440 g/mol. The van der Waals surface area contributed by atoms with Gasteiger partial charge in [0.05, 0.1) is 9.79 Å². The van der Waals surface area contributed by atoms with Gasteiger partial charge < -0.3 is 0 Å². The molecule has 0 aliphatic carbocycles. The lowest BCUT2D eigenvalue weighted by molar-refractivity contribution is 0.112. The Balaban J connectivity index is 2.15. The first-order valence-corrected chi connectivity index (χ1v) is 10.7. The van der Waals surface area contributed by atoms with E-state index in [2.05, 4.69) is 0 Å². The highest BCUT2D eigenvalue weighted by Gasteiger charge is 2.17. The van der Waals surface area contributed by atoms with Gasteiger partial charge in [-0.05, 0) is 47.5 Å². The van der Waals surface area contributed by atoms with Crippen molar-refractivity contribution in [2.45, 2.75) is 9.79 Å². The molecule has 0 radical (unpaired) electrons. The Morgan fingerprint density at radius 3 is 1.28 bits per heavy atom. The fourth-order valence-electron chi connectivity index (χ4n) is 2.73. The van der Waals surface area contributed by atoms with Crippen LogP contribution in [0.25, 0.3) is 22.3 Å². The van der Waals surface area contributed by atoms with Crippen molar-refractivity contribution in [2.24, 2.45) is 0 Å². The van der Waals surface area contributed by atoms with Crippen molar-refractivity contribution >= 4 is 26.7 Å². The highest BCUT2D eigenvalue weighted by Crippen LogP contribution is 2.33. The molecule has 0 aliphatic heterocycles. The summed E-state index contributed by atoms with van der Waals surface area (Å²) in [4.78, 5) is 10.1. The first kappa shape index (κ1) is 20.7. The fraction of sp³-hybridized carbons (Fsp3) is 0. The number of hydrogen-bond donors (Lipinski definition) is 0. The molecule has 0 aliphatic rings. The Morgan fingerprint density at radius 2 is 1.00 bits per heavy atom. The van der Waals surface area contributed by atoms with E-state index in [-0.39, 0.29) is 27.8 Å². The molecule has 0 aromatic heterocycles. The van der Waals surface area contributed by atoms with E-state index in [0.717, 1.165) is 24.3 Å². The lowest BCUT2D eigenvalue weighted by atomic mass is 9.95. The van der Waals surface area contributed by atoms with Gasteiger partial charge >= 0.3 is 20.4 Å². The van der Waals surface area contributed by atoms with Crippen LogP contribution in [0.5, 0.6) is 0 Å². The maximum Gasteiger partial charge on any atom is 0.332 e. The summed E-state index contributed by atoms with van der Waals surface area (Å²) < 4.78 is 84.9. The van der Waals surface area contributed by atoms with Crippen LogP contribution in [0.2, 0.25) is 0 Å². The second-order valence-electron chi connectivity index (χ2n) is 5.97. The van der Waals surface area contributed by atoms with Crippen molar-refractivity contribution < 1.29 is 33.8 Å². The molecule has 0 fully saturated rings. The summed E-state index contributed by atoms with van der Waals surface area (Å²) >= 11 is 0. The van der Waals surface area contributed by atoms with Gasteiger partial charge in [0, 0.05) is 16.7 Å². The average molecular weight is 440 g/mol. The third kappa shape index (κ3) is 4.38. The minimum absolute atomic E-state index is 0.0606. The number of aldehydes is 1. The van der Waals surface area contributed by atoms with E-state index in [1.807, 2.05) is 0 Å². The maximum absolute atomic E-state index is 15.1. The van der Waals surface area contributed by atoms with E-state index in [9.17, 15) is 29.4 Å². The summed E-state index contributed by atoms with van der Waals surface area (Å²) in [5.74, 6) is -0.790. The van der Waals surface area contributed by atoms with Gasteiger partial charge in [-0.1, -0.05) is 24.3 Å². The van der Waals surface area contributed by atoms with E-state index in [1.165, 1.54) is 36.4 Å². The highest BCUT2D eigenvalue weighted by atomic mass is 32.3. The largest absolute Gasteiger partial charge is 0.332 e. The zero-order chi connectivity index (χ0) is 21.4. The van der Waals surface area contributed by atoms with Crippen LogP contribution < -0.4 is 0 Å². The summed E-state index contributed by atoms with van der Waals surface area (Å²) in [5, 5.41) is 0. The second-order valence-corrected chi connectivity index (χ2v) is 8.67. The average Bonchev–Trinajstić information content (AvgIpc) is 2.67.